The van der Waals surface area contributed by atoms with Crippen LogP contribution in [0.15, 0.2) is 22.7 Å². The van der Waals surface area contributed by atoms with Crippen LogP contribution in [-0.2, 0) is 0 Å². The molecule has 0 radical (unpaired) electrons. The van der Waals surface area contributed by atoms with E-state index in [0.717, 1.165) is 10.9 Å². The quantitative estimate of drug-likeness (QED) is 0.909. The second-order valence-electron chi connectivity index (χ2n) is 3.79. The van der Waals surface area contributed by atoms with Crippen LogP contribution in [0.1, 0.15) is 30.1 Å². The Hall–Kier alpha value is -1.54. The van der Waals surface area contributed by atoms with Crippen molar-refractivity contribution in [2.45, 2.75) is 25.8 Å². The molecule has 96 valence electrons. The Kier molecular flexibility index (Phi) is 5.66. The van der Waals surface area contributed by atoms with Crippen LogP contribution in [0.2, 0.25) is 0 Å². The molecule has 0 saturated heterocycles. The summed E-state index contributed by atoms with van der Waals surface area (Å²) in [6, 6.07) is 6.75. The molecular formula is C13H15BrN2O2. The van der Waals surface area contributed by atoms with Crippen molar-refractivity contribution in [3.8, 4) is 11.8 Å². The molecule has 0 bridgehead atoms. The second kappa shape index (κ2) is 7.02. The standard InChI is InChI=1S/C13H15BrN2O2/c1-3-4-10(8-15)16-13(17)11-6-5-9(14)7-12(11)18-2/h5-7,10H,3-4H2,1-2H3,(H,16,17). The van der Waals surface area contributed by atoms with Gasteiger partial charge in [-0.1, -0.05) is 29.3 Å². The zero-order valence-corrected chi connectivity index (χ0v) is 12.0. The van der Waals surface area contributed by atoms with E-state index in [1.807, 2.05) is 6.92 Å². The summed E-state index contributed by atoms with van der Waals surface area (Å²) in [5.41, 5.74) is 0.428. The monoisotopic (exact) mass is 310 g/mol. The number of hydrogen-bond acceptors (Lipinski definition) is 3. The molecule has 0 spiro atoms. The van der Waals surface area contributed by atoms with E-state index in [9.17, 15) is 4.79 Å². The summed E-state index contributed by atoms with van der Waals surface area (Å²) < 4.78 is 5.98. The number of nitrogens with zero attached hydrogens (tertiary/aromatic N) is 1. The van der Waals surface area contributed by atoms with E-state index in [1.54, 1.807) is 18.2 Å². The number of carbonyl (C=O) groups excluding carboxylic acids is 1. The molecule has 0 fully saturated rings. The van der Waals surface area contributed by atoms with Crippen LogP contribution in [0.5, 0.6) is 5.75 Å². The molecule has 4 nitrogen and oxygen atoms in total. The predicted molar refractivity (Wildman–Crippen MR) is 72.5 cm³/mol. The van der Waals surface area contributed by atoms with E-state index >= 15 is 0 Å². The summed E-state index contributed by atoms with van der Waals surface area (Å²) in [5, 5.41) is 11.6. The third-order valence-electron chi connectivity index (χ3n) is 2.45. The highest BCUT2D eigenvalue weighted by molar-refractivity contribution is 9.10. The molecule has 1 atom stereocenters. The van der Waals surface area contributed by atoms with E-state index in [1.165, 1.54) is 7.11 Å². The fourth-order valence-corrected chi connectivity index (χ4v) is 1.89. The maximum absolute atomic E-state index is 12.0. The average molecular weight is 311 g/mol. The Morgan fingerprint density at radius 3 is 2.89 bits per heavy atom. The number of hydrogen-bond donors (Lipinski definition) is 1. The van der Waals surface area contributed by atoms with E-state index in [0.29, 0.717) is 17.7 Å². The minimum atomic E-state index is -0.462. The fraction of sp³-hybridized carbons (Fsp3) is 0.385. The smallest absolute Gasteiger partial charge is 0.256 e. The number of ether oxygens (including phenoxy) is 1. The van der Waals surface area contributed by atoms with Crippen molar-refractivity contribution in [1.82, 2.24) is 5.32 Å². The molecule has 0 heterocycles. The number of methoxy groups -OCH3 is 1. The number of amides is 1. The van der Waals surface area contributed by atoms with E-state index in [4.69, 9.17) is 10.00 Å². The molecule has 0 aliphatic heterocycles. The van der Waals surface area contributed by atoms with Crippen LogP contribution in [0.3, 0.4) is 0 Å². The zero-order chi connectivity index (χ0) is 13.5. The van der Waals surface area contributed by atoms with Crippen LogP contribution in [-0.4, -0.2) is 19.1 Å². The maximum atomic E-state index is 12.0. The summed E-state index contributed by atoms with van der Waals surface area (Å²) >= 11 is 3.31. The zero-order valence-electron chi connectivity index (χ0n) is 10.4. The summed E-state index contributed by atoms with van der Waals surface area (Å²) in [4.78, 5) is 12.0. The van der Waals surface area contributed by atoms with Gasteiger partial charge >= 0.3 is 0 Å². The Morgan fingerprint density at radius 1 is 1.61 bits per heavy atom. The SMILES string of the molecule is CCCC(C#N)NC(=O)c1ccc(Br)cc1OC. The molecule has 1 unspecified atom stereocenters. The van der Waals surface area contributed by atoms with Gasteiger partial charge in [0, 0.05) is 4.47 Å². The van der Waals surface area contributed by atoms with Crippen molar-refractivity contribution in [2.75, 3.05) is 7.11 Å². The van der Waals surface area contributed by atoms with Gasteiger partial charge in [0.25, 0.3) is 5.91 Å². The van der Waals surface area contributed by atoms with E-state index < -0.39 is 6.04 Å². The summed E-state index contributed by atoms with van der Waals surface area (Å²) in [7, 11) is 1.51. The summed E-state index contributed by atoms with van der Waals surface area (Å²) in [6.45, 7) is 1.97. The minimum absolute atomic E-state index is 0.292. The first-order valence-electron chi connectivity index (χ1n) is 5.66. The molecule has 0 aliphatic rings. The first-order chi connectivity index (χ1) is 8.62. The number of nitriles is 1. The third kappa shape index (κ3) is 3.74. The highest BCUT2D eigenvalue weighted by Gasteiger charge is 2.16. The lowest BCUT2D eigenvalue weighted by Crippen LogP contribution is -2.33. The van der Waals surface area contributed by atoms with Gasteiger partial charge in [0.1, 0.15) is 11.8 Å². The topological polar surface area (TPSA) is 62.1 Å². The lowest BCUT2D eigenvalue weighted by molar-refractivity contribution is 0.0941. The molecule has 0 aliphatic carbocycles. The van der Waals surface area contributed by atoms with E-state index in [2.05, 4.69) is 27.3 Å². The van der Waals surface area contributed by atoms with Gasteiger partial charge in [-0.3, -0.25) is 4.79 Å². The molecule has 0 saturated carbocycles. The third-order valence-corrected chi connectivity index (χ3v) is 2.94. The van der Waals surface area contributed by atoms with Crippen LogP contribution in [0.25, 0.3) is 0 Å². The Morgan fingerprint density at radius 2 is 2.33 bits per heavy atom. The Labute approximate surface area is 115 Å². The molecule has 1 rings (SSSR count). The highest BCUT2D eigenvalue weighted by Crippen LogP contribution is 2.23. The molecule has 1 aromatic rings. The number of benzene rings is 1. The Bertz CT molecular complexity index is 469. The maximum Gasteiger partial charge on any atom is 0.256 e. The molecule has 1 N–H and O–H groups in total. The van der Waals surface area contributed by atoms with Gasteiger partial charge in [-0.05, 0) is 24.6 Å². The summed E-state index contributed by atoms with van der Waals surface area (Å²) in [5.74, 6) is 0.189. The summed E-state index contributed by atoms with van der Waals surface area (Å²) in [6.07, 6.45) is 1.48. The van der Waals surface area contributed by atoms with Gasteiger partial charge < -0.3 is 10.1 Å². The van der Waals surface area contributed by atoms with Gasteiger partial charge in [-0.25, -0.2) is 0 Å². The molecular weight excluding hydrogens is 296 g/mol. The van der Waals surface area contributed by atoms with Gasteiger partial charge in [0.2, 0.25) is 0 Å². The predicted octanol–water partition coefficient (Wildman–Crippen LogP) is 2.88. The molecule has 1 aromatic carbocycles. The Balaban J connectivity index is 2.87. The molecule has 0 aromatic heterocycles. The van der Waals surface area contributed by atoms with Crippen molar-refractivity contribution in [3.05, 3.63) is 28.2 Å². The highest BCUT2D eigenvalue weighted by atomic mass is 79.9. The molecule has 1 amide bonds. The van der Waals surface area contributed by atoms with Crippen molar-refractivity contribution in [1.29, 1.82) is 5.26 Å². The lowest BCUT2D eigenvalue weighted by Gasteiger charge is -2.12. The van der Waals surface area contributed by atoms with E-state index in [-0.39, 0.29) is 5.91 Å². The average Bonchev–Trinajstić information content (AvgIpc) is 2.37. The van der Waals surface area contributed by atoms with Crippen molar-refractivity contribution in [3.63, 3.8) is 0 Å². The van der Waals surface area contributed by atoms with Crippen molar-refractivity contribution in [2.24, 2.45) is 0 Å². The molecule has 5 heteroatoms. The fourth-order valence-electron chi connectivity index (χ4n) is 1.55. The largest absolute Gasteiger partial charge is 0.496 e. The lowest BCUT2D eigenvalue weighted by atomic mass is 10.1. The van der Waals surface area contributed by atoms with Gasteiger partial charge in [0.05, 0.1) is 18.7 Å². The first kappa shape index (κ1) is 14.5. The first-order valence-corrected chi connectivity index (χ1v) is 6.45. The van der Waals surface area contributed by atoms with Gasteiger partial charge in [0.15, 0.2) is 0 Å². The molecule has 18 heavy (non-hydrogen) atoms. The normalized spacial score (nSPS) is 11.4. The minimum Gasteiger partial charge on any atom is -0.496 e. The van der Waals surface area contributed by atoms with Gasteiger partial charge in [-0.15, -0.1) is 0 Å². The second-order valence-corrected chi connectivity index (χ2v) is 4.70. The van der Waals surface area contributed by atoms with Crippen LogP contribution >= 0.6 is 15.9 Å². The van der Waals surface area contributed by atoms with Crippen molar-refractivity contribution < 1.29 is 9.53 Å². The number of halogens is 1. The van der Waals surface area contributed by atoms with Gasteiger partial charge in [-0.2, -0.15) is 5.26 Å². The number of rotatable bonds is 5. The van der Waals surface area contributed by atoms with Crippen LogP contribution < -0.4 is 10.1 Å². The van der Waals surface area contributed by atoms with Crippen molar-refractivity contribution >= 4 is 21.8 Å². The van der Waals surface area contributed by atoms with Crippen LogP contribution in [0.4, 0.5) is 0 Å². The van der Waals surface area contributed by atoms with Crippen LogP contribution in [0, 0.1) is 11.3 Å². The number of nitrogens with one attached hydrogen (secondary N) is 1. The number of carbonyl (C=O) groups is 1.